The molecule has 158 valence electrons. The number of hydrogen-bond donors (Lipinski definition) is 1. The van der Waals surface area contributed by atoms with Crippen molar-refractivity contribution < 1.29 is 4.79 Å². The summed E-state index contributed by atoms with van der Waals surface area (Å²) >= 11 is 3.59. The number of allylic oxidation sites excluding steroid dienone is 2. The lowest BCUT2D eigenvalue weighted by atomic mass is 9.48. The zero-order valence-electron chi connectivity index (χ0n) is 18.5. The molecule has 1 amide bonds. The van der Waals surface area contributed by atoms with Crippen LogP contribution in [0.15, 0.2) is 39.9 Å². The topological polar surface area (TPSA) is 29.1 Å². The summed E-state index contributed by atoms with van der Waals surface area (Å²) in [6, 6.07) is 7.95. The van der Waals surface area contributed by atoms with E-state index >= 15 is 0 Å². The molecule has 1 aromatic carbocycles. The molecule has 0 aromatic heterocycles. The standard InChI is InChI=1S/C26H36BrNO/c1-17(2)18-10-12-20-19(16-18)11-13-23-25(20,3)14-7-15-26(23,4)24(29)28-22-9-6-5-8-21(22)27/h5-6,8-9,17-18,23H,7,10-16H2,1-4H3,(H,28,29)/t18?,23?,25?,26-/m1/s1. The highest BCUT2D eigenvalue weighted by atomic mass is 79.9. The molecule has 1 fully saturated rings. The number of benzene rings is 1. The van der Waals surface area contributed by atoms with Crippen molar-refractivity contribution in [2.45, 2.75) is 79.1 Å². The van der Waals surface area contributed by atoms with Gasteiger partial charge >= 0.3 is 0 Å². The van der Waals surface area contributed by atoms with Crippen molar-refractivity contribution in [3.8, 4) is 0 Å². The molecule has 3 heteroatoms. The molecule has 4 atom stereocenters. The lowest BCUT2D eigenvalue weighted by molar-refractivity contribution is -0.135. The second-order valence-electron chi connectivity index (χ2n) is 10.5. The Balaban J connectivity index is 1.62. The van der Waals surface area contributed by atoms with Crippen LogP contribution in [0.2, 0.25) is 0 Å². The Bertz CT molecular complexity index is 828. The van der Waals surface area contributed by atoms with Gasteiger partial charge in [-0.2, -0.15) is 0 Å². The second-order valence-corrected chi connectivity index (χ2v) is 11.4. The molecule has 29 heavy (non-hydrogen) atoms. The van der Waals surface area contributed by atoms with E-state index in [4.69, 9.17) is 0 Å². The minimum atomic E-state index is -0.296. The Morgan fingerprint density at radius 1 is 1.14 bits per heavy atom. The summed E-state index contributed by atoms with van der Waals surface area (Å²) in [4.78, 5) is 13.6. The van der Waals surface area contributed by atoms with Gasteiger partial charge in [0.1, 0.15) is 0 Å². The quantitative estimate of drug-likeness (QED) is 0.461. The molecular formula is C26H36BrNO. The lowest BCUT2D eigenvalue weighted by Crippen LogP contribution is -2.52. The maximum atomic E-state index is 13.6. The van der Waals surface area contributed by atoms with E-state index < -0.39 is 0 Å². The van der Waals surface area contributed by atoms with Crippen LogP contribution in [-0.2, 0) is 4.79 Å². The van der Waals surface area contributed by atoms with Crippen molar-refractivity contribution in [3.63, 3.8) is 0 Å². The minimum absolute atomic E-state index is 0.202. The van der Waals surface area contributed by atoms with E-state index in [9.17, 15) is 4.79 Å². The molecule has 0 bridgehead atoms. The molecule has 0 spiro atoms. The molecule has 1 N–H and O–H groups in total. The summed E-state index contributed by atoms with van der Waals surface area (Å²) in [5.74, 6) is 2.28. The van der Waals surface area contributed by atoms with Gasteiger partial charge < -0.3 is 5.32 Å². The van der Waals surface area contributed by atoms with Crippen LogP contribution in [-0.4, -0.2) is 5.91 Å². The van der Waals surface area contributed by atoms with Crippen LogP contribution in [0.3, 0.4) is 0 Å². The molecule has 3 unspecified atom stereocenters. The molecule has 0 aliphatic heterocycles. The average Bonchev–Trinajstić information content (AvgIpc) is 2.69. The van der Waals surface area contributed by atoms with Crippen LogP contribution in [0, 0.1) is 28.6 Å². The van der Waals surface area contributed by atoms with Crippen molar-refractivity contribution in [2.75, 3.05) is 5.32 Å². The maximum absolute atomic E-state index is 13.6. The SMILES string of the molecule is CC(C)C1CCC2=C(CCC3C2(C)CCC[C@@]3(C)C(=O)Nc2ccccc2Br)C1. The van der Waals surface area contributed by atoms with Crippen LogP contribution < -0.4 is 5.32 Å². The van der Waals surface area contributed by atoms with Gasteiger partial charge in [-0.15, -0.1) is 0 Å². The summed E-state index contributed by atoms with van der Waals surface area (Å²) in [5.41, 5.74) is 4.29. The lowest BCUT2D eigenvalue weighted by Gasteiger charge is -2.56. The summed E-state index contributed by atoms with van der Waals surface area (Å²) in [7, 11) is 0. The predicted octanol–water partition coefficient (Wildman–Crippen LogP) is 7.75. The predicted molar refractivity (Wildman–Crippen MR) is 125 cm³/mol. The minimum Gasteiger partial charge on any atom is -0.325 e. The van der Waals surface area contributed by atoms with Gasteiger partial charge in [0.15, 0.2) is 0 Å². The van der Waals surface area contributed by atoms with Crippen molar-refractivity contribution in [1.29, 1.82) is 0 Å². The van der Waals surface area contributed by atoms with Gasteiger partial charge in [0.05, 0.1) is 11.1 Å². The van der Waals surface area contributed by atoms with E-state index in [0.29, 0.717) is 5.92 Å². The van der Waals surface area contributed by atoms with E-state index in [1.165, 1.54) is 38.5 Å². The van der Waals surface area contributed by atoms with Crippen molar-refractivity contribution in [3.05, 3.63) is 39.9 Å². The largest absolute Gasteiger partial charge is 0.325 e. The van der Waals surface area contributed by atoms with E-state index in [1.807, 2.05) is 24.3 Å². The number of rotatable bonds is 3. The van der Waals surface area contributed by atoms with Crippen LogP contribution in [0.5, 0.6) is 0 Å². The summed E-state index contributed by atoms with van der Waals surface area (Å²) < 4.78 is 0.955. The normalized spacial score (nSPS) is 34.6. The number of fused-ring (bicyclic) bond motifs is 2. The number of carbonyl (C=O) groups is 1. The van der Waals surface area contributed by atoms with Gasteiger partial charge in [-0.1, -0.05) is 57.4 Å². The van der Waals surface area contributed by atoms with Gasteiger partial charge in [0.25, 0.3) is 0 Å². The molecule has 0 heterocycles. The molecule has 2 nitrogen and oxygen atoms in total. The van der Waals surface area contributed by atoms with E-state index in [2.05, 4.69) is 48.9 Å². The van der Waals surface area contributed by atoms with Gasteiger partial charge in [-0.25, -0.2) is 0 Å². The molecular weight excluding hydrogens is 422 g/mol. The molecule has 1 aromatic rings. The Morgan fingerprint density at radius 2 is 1.90 bits per heavy atom. The first-order chi connectivity index (χ1) is 13.8. The van der Waals surface area contributed by atoms with Crippen LogP contribution in [0.4, 0.5) is 5.69 Å². The maximum Gasteiger partial charge on any atom is 0.230 e. The highest BCUT2D eigenvalue weighted by molar-refractivity contribution is 9.10. The Labute approximate surface area is 185 Å². The first-order valence-corrected chi connectivity index (χ1v) is 12.3. The van der Waals surface area contributed by atoms with E-state index in [1.54, 1.807) is 11.1 Å². The third-order valence-corrected chi connectivity index (χ3v) is 9.33. The third-order valence-electron chi connectivity index (χ3n) is 8.64. The number of amides is 1. The third kappa shape index (κ3) is 3.62. The molecule has 0 saturated heterocycles. The highest BCUT2D eigenvalue weighted by Crippen LogP contribution is 2.62. The second kappa shape index (κ2) is 7.87. The number of nitrogens with one attached hydrogen (secondary N) is 1. The molecule has 3 aliphatic rings. The molecule has 0 radical (unpaired) electrons. The fourth-order valence-corrected chi connectivity index (χ4v) is 7.23. The fraction of sp³-hybridized carbons (Fsp3) is 0.654. The van der Waals surface area contributed by atoms with Gasteiger partial charge in [0.2, 0.25) is 5.91 Å². The molecule has 3 aliphatic carbocycles. The molecule has 1 saturated carbocycles. The summed E-state index contributed by atoms with van der Waals surface area (Å²) in [5, 5.41) is 3.26. The first kappa shape index (κ1) is 21.2. The van der Waals surface area contributed by atoms with Gasteiger partial charge in [-0.05, 0) is 96.2 Å². The van der Waals surface area contributed by atoms with E-state index in [-0.39, 0.29) is 16.7 Å². The number of anilines is 1. The number of carbonyl (C=O) groups excluding carboxylic acids is 1. The van der Waals surface area contributed by atoms with Crippen LogP contribution in [0.1, 0.15) is 79.1 Å². The Hall–Kier alpha value is -1.09. The Kier molecular flexibility index (Phi) is 5.74. The van der Waals surface area contributed by atoms with Crippen LogP contribution in [0.25, 0.3) is 0 Å². The Morgan fingerprint density at radius 3 is 2.62 bits per heavy atom. The van der Waals surface area contributed by atoms with Crippen molar-refractivity contribution >= 4 is 27.5 Å². The average molecular weight is 458 g/mol. The fourth-order valence-electron chi connectivity index (χ4n) is 6.85. The summed E-state index contributed by atoms with van der Waals surface area (Å²) in [6.45, 7) is 9.50. The zero-order valence-corrected chi connectivity index (χ0v) is 20.1. The van der Waals surface area contributed by atoms with Crippen molar-refractivity contribution in [2.24, 2.45) is 28.6 Å². The number of hydrogen-bond acceptors (Lipinski definition) is 1. The van der Waals surface area contributed by atoms with Crippen molar-refractivity contribution in [1.82, 2.24) is 0 Å². The number of para-hydroxylation sites is 1. The monoisotopic (exact) mass is 457 g/mol. The number of halogens is 1. The molecule has 4 rings (SSSR count). The van der Waals surface area contributed by atoms with Gasteiger partial charge in [-0.3, -0.25) is 4.79 Å². The summed E-state index contributed by atoms with van der Waals surface area (Å²) in [6.07, 6.45) is 9.66. The van der Waals surface area contributed by atoms with Gasteiger partial charge in [0, 0.05) is 4.47 Å². The smallest absolute Gasteiger partial charge is 0.230 e. The van der Waals surface area contributed by atoms with E-state index in [0.717, 1.165) is 34.8 Å². The van der Waals surface area contributed by atoms with Crippen LogP contribution >= 0.6 is 15.9 Å². The zero-order chi connectivity index (χ0) is 20.8. The highest BCUT2D eigenvalue weighted by Gasteiger charge is 2.56. The first-order valence-electron chi connectivity index (χ1n) is 11.5.